The highest BCUT2D eigenvalue weighted by molar-refractivity contribution is 5.75. The Morgan fingerprint density at radius 1 is 1.50 bits per heavy atom. The summed E-state index contributed by atoms with van der Waals surface area (Å²) >= 11 is 0. The molecule has 1 heterocycles. The van der Waals surface area contributed by atoms with E-state index >= 15 is 0 Å². The molecule has 1 rings (SSSR count). The van der Waals surface area contributed by atoms with E-state index in [0.717, 1.165) is 13.0 Å². The van der Waals surface area contributed by atoms with Gasteiger partial charge in [-0.1, -0.05) is 0 Å². The van der Waals surface area contributed by atoms with Crippen LogP contribution >= 0.6 is 0 Å². The molecule has 0 fully saturated rings. The van der Waals surface area contributed by atoms with Crippen LogP contribution in [0.5, 0.6) is 0 Å². The molecule has 0 saturated carbocycles. The van der Waals surface area contributed by atoms with Gasteiger partial charge in [-0.15, -0.1) is 0 Å². The number of carbonyl (C=O) groups is 1. The Kier molecular flexibility index (Phi) is 5.05. The van der Waals surface area contributed by atoms with Crippen LogP contribution in [0.25, 0.3) is 0 Å². The number of amides is 1. The normalized spacial score (nSPS) is 12.4. The largest absolute Gasteiger partial charge is 0.359 e. The van der Waals surface area contributed by atoms with Crippen LogP contribution in [0.2, 0.25) is 0 Å². The molecule has 1 unspecified atom stereocenters. The van der Waals surface area contributed by atoms with Gasteiger partial charge in [0.1, 0.15) is 0 Å². The fraction of sp³-hybridized carbons (Fsp3) is 0.583. The number of nitrogens with one attached hydrogen (secondary N) is 2. The van der Waals surface area contributed by atoms with Crippen molar-refractivity contribution in [3.63, 3.8) is 0 Å². The van der Waals surface area contributed by atoms with E-state index in [1.165, 1.54) is 5.56 Å². The van der Waals surface area contributed by atoms with E-state index in [4.69, 9.17) is 0 Å². The third-order valence-corrected chi connectivity index (χ3v) is 2.81. The monoisotopic (exact) mass is 223 g/mol. The first-order chi connectivity index (χ1) is 7.67. The molecule has 0 bridgehead atoms. The highest BCUT2D eigenvalue weighted by Crippen LogP contribution is 2.12. The Morgan fingerprint density at radius 2 is 2.25 bits per heavy atom. The van der Waals surface area contributed by atoms with Gasteiger partial charge in [-0.2, -0.15) is 0 Å². The molecule has 0 spiro atoms. The van der Waals surface area contributed by atoms with Gasteiger partial charge in [0.15, 0.2) is 0 Å². The Balaban J connectivity index is 2.37. The first-order valence-electron chi connectivity index (χ1n) is 5.71. The highest BCUT2D eigenvalue weighted by Gasteiger charge is 2.04. The summed E-state index contributed by atoms with van der Waals surface area (Å²) in [6.45, 7) is 3.02. The van der Waals surface area contributed by atoms with Crippen LogP contribution in [0.4, 0.5) is 0 Å². The number of hydrogen-bond acceptors (Lipinski definition) is 2. The van der Waals surface area contributed by atoms with E-state index in [0.29, 0.717) is 12.5 Å². The van der Waals surface area contributed by atoms with E-state index in [9.17, 15) is 4.79 Å². The van der Waals surface area contributed by atoms with Gasteiger partial charge in [0.05, 0.1) is 0 Å². The summed E-state index contributed by atoms with van der Waals surface area (Å²) < 4.78 is 2.13. The number of hydrogen-bond donors (Lipinski definition) is 2. The lowest BCUT2D eigenvalue weighted by Gasteiger charge is -2.07. The SMILES string of the molecule is CNC(=O)CCCn1ccc(C(C)NC)c1. The second-order valence-corrected chi connectivity index (χ2v) is 3.97. The molecule has 0 aliphatic heterocycles. The summed E-state index contributed by atoms with van der Waals surface area (Å²) in [5.74, 6) is 0.107. The quantitative estimate of drug-likeness (QED) is 0.763. The number of aromatic nitrogens is 1. The maximum atomic E-state index is 11.0. The maximum absolute atomic E-state index is 11.0. The van der Waals surface area contributed by atoms with Gasteiger partial charge in [-0.3, -0.25) is 4.79 Å². The van der Waals surface area contributed by atoms with Gasteiger partial charge >= 0.3 is 0 Å². The van der Waals surface area contributed by atoms with Gasteiger partial charge < -0.3 is 15.2 Å². The van der Waals surface area contributed by atoms with E-state index in [2.05, 4.69) is 40.6 Å². The lowest BCUT2D eigenvalue weighted by molar-refractivity contribution is -0.120. The molecule has 0 aliphatic carbocycles. The zero-order chi connectivity index (χ0) is 12.0. The molecule has 90 valence electrons. The van der Waals surface area contributed by atoms with Crippen LogP contribution in [0.15, 0.2) is 18.5 Å². The molecule has 4 nitrogen and oxygen atoms in total. The summed E-state index contributed by atoms with van der Waals surface area (Å²) in [7, 11) is 3.62. The second kappa shape index (κ2) is 6.33. The van der Waals surface area contributed by atoms with Crippen LogP contribution < -0.4 is 10.6 Å². The summed E-state index contributed by atoms with van der Waals surface area (Å²) in [6.07, 6.45) is 5.66. The average Bonchev–Trinajstić information content (AvgIpc) is 2.76. The van der Waals surface area contributed by atoms with Crippen molar-refractivity contribution in [1.29, 1.82) is 0 Å². The summed E-state index contributed by atoms with van der Waals surface area (Å²) in [5.41, 5.74) is 1.28. The fourth-order valence-corrected chi connectivity index (χ4v) is 1.57. The number of aryl methyl sites for hydroxylation is 1. The zero-order valence-corrected chi connectivity index (χ0v) is 10.3. The van der Waals surface area contributed by atoms with E-state index in [1.54, 1.807) is 7.05 Å². The van der Waals surface area contributed by atoms with Gasteiger partial charge in [-0.25, -0.2) is 0 Å². The molecule has 1 amide bonds. The average molecular weight is 223 g/mol. The van der Waals surface area contributed by atoms with Crippen molar-refractivity contribution in [1.82, 2.24) is 15.2 Å². The Hall–Kier alpha value is -1.29. The number of rotatable bonds is 6. The second-order valence-electron chi connectivity index (χ2n) is 3.97. The highest BCUT2D eigenvalue weighted by atomic mass is 16.1. The number of carbonyl (C=O) groups excluding carboxylic acids is 1. The number of nitrogens with zero attached hydrogens (tertiary/aromatic N) is 1. The predicted molar refractivity (Wildman–Crippen MR) is 65.2 cm³/mol. The van der Waals surface area contributed by atoms with Crippen LogP contribution in [0, 0.1) is 0 Å². The minimum absolute atomic E-state index is 0.107. The Morgan fingerprint density at radius 3 is 2.88 bits per heavy atom. The van der Waals surface area contributed by atoms with Crippen LogP contribution in [0.1, 0.15) is 31.4 Å². The standard InChI is InChI=1S/C12H21N3O/c1-10(13-2)11-6-8-15(9-11)7-4-5-12(16)14-3/h6,8-10,13H,4-5,7H2,1-3H3,(H,14,16). The van der Waals surface area contributed by atoms with Crippen molar-refractivity contribution in [3.05, 3.63) is 24.0 Å². The molecule has 4 heteroatoms. The molecule has 0 aliphatic rings. The van der Waals surface area contributed by atoms with Gasteiger partial charge in [0, 0.05) is 38.4 Å². The van der Waals surface area contributed by atoms with Crippen molar-refractivity contribution >= 4 is 5.91 Å². The van der Waals surface area contributed by atoms with E-state index in [-0.39, 0.29) is 5.91 Å². The minimum Gasteiger partial charge on any atom is -0.359 e. The van der Waals surface area contributed by atoms with Crippen molar-refractivity contribution in [2.75, 3.05) is 14.1 Å². The van der Waals surface area contributed by atoms with Crippen LogP contribution in [0.3, 0.4) is 0 Å². The van der Waals surface area contributed by atoms with E-state index in [1.807, 2.05) is 7.05 Å². The van der Waals surface area contributed by atoms with E-state index < -0.39 is 0 Å². The summed E-state index contributed by atoms with van der Waals surface area (Å²) in [6, 6.07) is 2.49. The predicted octanol–water partition coefficient (Wildman–Crippen LogP) is 1.29. The van der Waals surface area contributed by atoms with Gasteiger partial charge in [0.2, 0.25) is 5.91 Å². The maximum Gasteiger partial charge on any atom is 0.219 e. The molecule has 1 aromatic rings. The summed E-state index contributed by atoms with van der Waals surface area (Å²) in [5, 5.41) is 5.83. The van der Waals surface area contributed by atoms with Gasteiger partial charge in [0.25, 0.3) is 0 Å². The molecular weight excluding hydrogens is 202 g/mol. The minimum atomic E-state index is 0.107. The zero-order valence-electron chi connectivity index (χ0n) is 10.3. The third-order valence-electron chi connectivity index (χ3n) is 2.81. The Bertz CT molecular complexity index is 333. The van der Waals surface area contributed by atoms with Gasteiger partial charge in [-0.05, 0) is 32.0 Å². The van der Waals surface area contributed by atoms with Crippen LogP contribution in [-0.4, -0.2) is 24.6 Å². The lowest BCUT2D eigenvalue weighted by Crippen LogP contribution is -2.17. The molecule has 2 N–H and O–H groups in total. The van der Waals surface area contributed by atoms with Crippen molar-refractivity contribution in [3.8, 4) is 0 Å². The molecular formula is C12H21N3O. The molecule has 1 atom stereocenters. The first kappa shape index (κ1) is 12.8. The van der Waals surface area contributed by atoms with Crippen molar-refractivity contribution < 1.29 is 4.79 Å². The first-order valence-corrected chi connectivity index (χ1v) is 5.71. The molecule has 1 aromatic heterocycles. The molecule has 0 radical (unpaired) electrons. The molecule has 0 aromatic carbocycles. The molecule has 0 saturated heterocycles. The Labute approximate surface area is 97.0 Å². The third kappa shape index (κ3) is 3.70. The van der Waals surface area contributed by atoms with Crippen LogP contribution in [-0.2, 0) is 11.3 Å². The lowest BCUT2D eigenvalue weighted by atomic mass is 10.2. The van der Waals surface area contributed by atoms with Crippen molar-refractivity contribution in [2.24, 2.45) is 0 Å². The van der Waals surface area contributed by atoms with Crippen molar-refractivity contribution in [2.45, 2.75) is 32.4 Å². The topological polar surface area (TPSA) is 46.1 Å². The summed E-state index contributed by atoms with van der Waals surface area (Å²) in [4.78, 5) is 11.0. The fourth-order valence-electron chi connectivity index (χ4n) is 1.57. The molecule has 16 heavy (non-hydrogen) atoms. The smallest absolute Gasteiger partial charge is 0.219 e.